The highest BCUT2D eigenvalue weighted by Crippen LogP contribution is 2.15. The van der Waals surface area contributed by atoms with Gasteiger partial charge in [0, 0.05) is 38.9 Å². The summed E-state index contributed by atoms with van der Waals surface area (Å²) in [5.41, 5.74) is 0.464. The Bertz CT molecular complexity index is 466. The lowest BCUT2D eigenvalue weighted by molar-refractivity contribution is 0.0291. The molecule has 1 atom stereocenters. The number of nitrogens with one attached hydrogen (secondary N) is 1. The summed E-state index contributed by atoms with van der Waals surface area (Å²) in [5, 5.41) is 11.3. The molecule has 0 spiro atoms. The van der Waals surface area contributed by atoms with Crippen molar-refractivity contribution in [3.63, 3.8) is 0 Å². The first-order chi connectivity index (χ1) is 9.33. The van der Waals surface area contributed by atoms with E-state index in [2.05, 4.69) is 15.6 Å². The van der Waals surface area contributed by atoms with Gasteiger partial charge in [0.2, 0.25) is 0 Å². The Morgan fingerprint density at radius 2 is 2.30 bits per heavy atom. The minimum Gasteiger partial charge on any atom is -0.444 e. The van der Waals surface area contributed by atoms with Gasteiger partial charge in [-0.25, -0.2) is 4.79 Å². The molecule has 1 amide bonds. The van der Waals surface area contributed by atoms with Crippen molar-refractivity contribution in [3.05, 3.63) is 11.9 Å². The topological polar surface area (TPSA) is 72.3 Å². The highest BCUT2D eigenvalue weighted by Gasteiger charge is 2.29. The van der Waals surface area contributed by atoms with Gasteiger partial charge >= 0.3 is 6.09 Å². The summed E-state index contributed by atoms with van der Waals surface area (Å²) in [6.07, 6.45) is 2.58. The van der Waals surface area contributed by atoms with E-state index in [9.17, 15) is 4.79 Å². The van der Waals surface area contributed by atoms with E-state index in [4.69, 9.17) is 4.74 Å². The summed E-state index contributed by atoms with van der Waals surface area (Å²) in [6, 6.07) is 0.282. The Labute approximate surface area is 119 Å². The molecular formula is C13H23N5O2. The number of hydrogen-bond acceptors (Lipinski definition) is 5. The quantitative estimate of drug-likeness (QED) is 0.891. The standard InChI is InChI=1S/C13H23N5O2/c1-13(2,3)20-12(19)18-6-5-10(9-18)14-7-11-8-17(4)16-15-11/h8,10,14H,5-7,9H2,1-4H3. The Morgan fingerprint density at radius 1 is 1.55 bits per heavy atom. The van der Waals surface area contributed by atoms with Gasteiger partial charge in [-0.05, 0) is 27.2 Å². The fourth-order valence-corrected chi connectivity index (χ4v) is 2.14. The minimum atomic E-state index is -0.442. The summed E-state index contributed by atoms with van der Waals surface area (Å²) < 4.78 is 7.05. The monoisotopic (exact) mass is 281 g/mol. The van der Waals surface area contributed by atoms with Gasteiger partial charge in [0.15, 0.2) is 0 Å². The Morgan fingerprint density at radius 3 is 2.90 bits per heavy atom. The van der Waals surface area contributed by atoms with Crippen LogP contribution in [0.25, 0.3) is 0 Å². The summed E-state index contributed by atoms with van der Waals surface area (Å²) in [6.45, 7) is 7.71. The SMILES string of the molecule is Cn1cc(CNC2CCN(C(=O)OC(C)(C)C)C2)nn1. The van der Waals surface area contributed by atoms with Crippen LogP contribution >= 0.6 is 0 Å². The molecule has 1 aromatic heterocycles. The average molecular weight is 281 g/mol. The summed E-state index contributed by atoms with van der Waals surface area (Å²) in [5.74, 6) is 0. The first-order valence-electron chi connectivity index (χ1n) is 6.90. The van der Waals surface area contributed by atoms with Gasteiger partial charge in [0.1, 0.15) is 5.60 Å². The van der Waals surface area contributed by atoms with E-state index in [1.807, 2.05) is 34.0 Å². The Balaban J connectivity index is 1.76. The zero-order valence-electron chi connectivity index (χ0n) is 12.6. The molecule has 20 heavy (non-hydrogen) atoms. The average Bonchev–Trinajstić information content (AvgIpc) is 2.93. The van der Waals surface area contributed by atoms with Crippen LogP contribution in [0.3, 0.4) is 0 Å². The second-order valence-electron chi connectivity index (χ2n) is 6.18. The molecule has 1 saturated heterocycles. The van der Waals surface area contributed by atoms with Crippen LogP contribution in [0, 0.1) is 0 Å². The molecule has 1 aliphatic rings. The number of nitrogens with zero attached hydrogens (tertiary/aromatic N) is 4. The minimum absolute atomic E-state index is 0.235. The van der Waals surface area contributed by atoms with Crippen LogP contribution in [-0.4, -0.2) is 50.7 Å². The summed E-state index contributed by atoms with van der Waals surface area (Å²) in [4.78, 5) is 13.7. The molecule has 2 rings (SSSR count). The number of carbonyl (C=O) groups is 1. The van der Waals surface area contributed by atoms with Gasteiger partial charge in [-0.2, -0.15) is 0 Å². The molecule has 112 valence electrons. The number of rotatable bonds is 3. The molecule has 1 N–H and O–H groups in total. The largest absolute Gasteiger partial charge is 0.444 e. The maximum atomic E-state index is 11.9. The van der Waals surface area contributed by atoms with E-state index in [0.29, 0.717) is 13.1 Å². The van der Waals surface area contributed by atoms with Gasteiger partial charge in [0.05, 0.1) is 5.69 Å². The van der Waals surface area contributed by atoms with Crippen molar-refractivity contribution in [2.24, 2.45) is 7.05 Å². The van der Waals surface area contributed by atoms with E-state index in [0.717, 1.165) is 18.7 Å². The zero-order valence-corrected chi connectivity index (χ0v) is 12.6. The molecule has 7 heteroatoms. The predicted molar refractivity (Wildman–Crippen MR) is 74.1 cm³/mol. The van der Waals surface area contributed by atoms with E-state index in [-0.39, 0.29) is 12.1 Å². The van der Waals surface area contributed by atoms with Crippen LogP contribution in [0.1, 0.15) is 32.9 Å². The normalized spacial score (nSPS) is 19.4. The van der Waals surface area contributed by atoms with E-state index in [1.165, 1.54) is 0 Å². The molecule has 1 aromatic rings. The lowest BCUT2D eigenvalue weighted by Crippen LogP contribution is -2.38. The highest BCUT2D eigenvalue weighted by molar-refractivity contribution is 5.68. The molecule has 2 heterocycles. The van der Waals surface area contributed by atoms with Crippen LogP contribution in [0.4, 0.5) is 4.79 Å². The van der Waals surface area contributed by atoms with E-state index >= 15 is 0 Å². The van der Waals surface area contributed by atoms with Crippen LogP contribution in [0.15, 0.2) is 6.20 Å². The summed E-state index contributed by atoms with van der Waals surface area (Å²) in [7, 11) is 1.84. The van der Waals surface area contributed by atoms with Crippen molar-refractivity contribution in [3.8, 4) is 0 Å². The van der Waals surface area contributed by atoms with Crippen LogP contribution in [0.5, 0.6) is 0 Å². The van der Waals surface area contributed by atoms with Crippen molar-refractivity contribution < 1.29 is 9.53 Å². The Kier molecular flexibility index (Phi) is 4.27. The molecule has 7 nitrogen and oxygen atoms in total. The van der Waals surface area contributed by atoms with E-state index in [1.54, 1.807) is 9.58 Å². The van der Waals surface area contributed by atoms with E-state index < -0.39 is 5.60 Å². The first-order valence-corrected chi connectivity index (χ1v) is 6.90. The number of carbonyl (C=O) groups excluding carboxylic acids is 1. The third-order valence-corrected chi connectivity index (χ3v) is 3.06. The van der Waals surface area contributed by atoms with Gasteiger partial charge in [-0.3, -0.25) is 4.68 Å². The van der Waals surface area contributed by atoms with Gasteiger partial charge in [0.25, 0.3) is 0 Å². The van der Waals surface area contributed by atoms with Gasteiger partial charge in [-0.1, -0.05) is 5.21 Å². The lowest BCUT2D eigenvalue weighted by Gasteiger charge is -2.24. The third kappa shape index (κ3) is 4.19. The highest BCUT2D eigenvalue weighted by atomic mass is 16.6. The lowest BCUT2D eigenvalue weighted by atomic mass is 10.2. The number of likely N-dealkylation sites (tertiary alicyclic amines) is 1. The molecule has 1 fully saturated rings. The van der Waals surface area contributed by atoms with Crippen molar-refractivity contribution in [2.45, 2.75) is 45.4 Å². The van der Waals surface area contributed by atoms with Crippen molar-refractivity contribution in [1.82, 2.24) is 25.2 Å². The second kappa shape index (κ2) is 5.78. The van der Waals surface area contributed by atoms with Crippen LogP contribution < -0.4 is 5.32 Å². The van der Waals surface area contributed by atoms with Crippen molar-refractivity contribution >= 4 is 6.09 Å². The number of aryl methyl sites for hydroxylation is 1. The molecule has 0 saturated carbocycles. The summed E-state index contributed by atoms with van der Waals surface area (Å²) >= 11 is 0. The third-order valence-electron chi connectivity index (χ3n) is 3.06. The van der Waals surface area contributed by atoms with Gasteiger partial charge in [-0.15, -0.1) is 5.10 Å². The number of amides is 1. The predicted octanol–water partition coefficient (Wildman–Crippen LogP) is 0.914. The molecule has 1 aliphatic heterocycles. The van der Waals surface area contributed by atoms with Gasteiger partial charge < -0.3 is 15.0 Å². The smallest absolute Gasteiger partial charge is 0.410 e. The molecule has 0 aromatic carbocycles. The number of ether oxygens (including phenoxy) is 1. The molecule has 0 radical (unpaired) electrons. The van der Waals surface area contributed by atoms with Crippen molar-refractivity contribution in [2.75, 3.05) is 13.1 Å². The molecular weight excluding hydrogens is 258 g/mol. The maximum Gasteiger partial charge on any atom is 0.410 e. The number of hydrogen-bond donors (Lipinski definition) is 1. The molecule has 0 aliphatic carbocycles. The fraction of sp³-hybridized carbons (Fsp3) is 0.769. The zero-order chi connectivity index (χ0) is 14.8. The van der Waals surface area contributed by atoms with Crippen LogP contribution in [0.2, 0.25) is 0 Å². The fourth-order valence-electron chi connectivity index (χ4n) is 2.14. The maximum absolute atomic E-state index is 11.9. The number of aromatic nitrogens is 3. The van der Waals surface area contributed by atoms with Crippen LogP contribution in [-0.2, 0) is 18.3 Å². The van der Waals surface area contributed by atoms with Crippen molar-refractivity contribution in [1.29, 1.82) is 0 Å². The first kappa shape index (κ1) is 14.8. The second-order valence-corrected chi connectivity index (χ2v) is 6.18. The Hall–Kier alpha value is -1.63. The molecule has 1 unspecified atom stereocenters. The molecule has 0 bridgehead atoms.